The van der Waals surface area contributed by atoms with Crippen molar-refractivity contribution in [3.8, 4) is 0 Å². The van der Waals surface area contributed by atoms with Crippen LogP contribution in [0.25, 0.3) is 11.2 Å². The van der Waals surface area contributed by atoms with Crippen LogP contribution in [0.3, 0.4) is 0 Å². The molecule has 0 aliphatic rings. The van der Waals surface area contributed by atoms with E-state index in [1.165, 1.54) is 17.9 Å². The first-order chi connectivity index (χ1) is 15.4. The third-order valence-electron chi connectivity index (χ3n) is 5.41. The van der Waals surface area contributed by atoms with Gasteiger partial charge in [0.2, 0.25) is 5.91 Å². The van der Waals surface area contributed by atoms with Crippen LogP contribution in [-0.4, -0.2) is 24.6 Å². The summed E-state index contributed by atoms with van der Waals surface area (Å²) in [4.78, 5) is 41.5. The number of fused-ring (bicyclic) bond motifs is 1. The second-order valence-corrected chi connectivity index (χ2v) is 8.74. The SMILES string of the molecule is Cn1c(=O)c2c(ncn2CCCC(=O)NC(c2ccc(Cl)cc2)c2ccsc2)n(C)c1=O. The van der Waals surface area contributed by atoms with E-state index in [4.69, 9.17) is 11.6 Å². The molecule has 0 fully saturated rings. The minimum atomic E-state index is -0.422. The molecule has 3 aromatic heterocycles. The van der Waals surface area contributed by atoms with Crippen molar-refractivity contribution in [2.24, 2.45) is 14.1 Å². The molecule has 32 heavy (non-hydrogen) atoms. The van der Waals surface area contributed by atoms with E-state index in [1.807, 2.05) is 29.0 Å². The molecule has 0 bridgehead atoms. The van der Waals surface area contributed by atoms with Crippen molar-refractivity contribution in [3.05, 3.63) is 84.4 Å². The molecule has 1 aromatic carbocycles. The summed E-state index contributed by atoms with van der Waals surface area (Å²) in [7, 11) is 3.02. The number of hydrogen-bond donors (Lipinski definition) is 1. The summed E-state index contributed by atoms with van der Waals surface area (Å²) in [6.07, 6.45) is 2.32. The average Bonchev–Trinajstić information content (AvgIpc) is 3.46. The topological polar surface area (TPSA) is 90.9 Å². The number of hydrogen-bond acceptors (Lipinski definition) is 5. The van der Waals surface area contributed by atoms with Gasteiger partial charge in [0.15, 0.2) is 11.2 Å². The van der Waals surface area contributed by atoms with Gasteiger partial charge in [-0.2, -0.15) is 11.3 Å². The number of benzene rings is 1. The molecule has 1 atom stereocenters. The van der Waals surface area contributed by atoms with Crippen molar-refractivity contribution in [1.82, 2.24) is 24.0 Å². The van der Waals surface area contributed by atoms with Gasteiger partial charge in [-0.3, -0.25) is 18.7 Å². The van der Waals surface area contributed by atoms with Crippen LogP contribution < -0.4 is 16.6 Å². The summed E-state index contributed by atoms with van der Waals surface area (Å²) in [5, 5.41) is 7.72. The number of aryl methyl sites for hydroxylation is 2. The summed E-state index contributed by atoms with van der Waals surface area (Å²) in [5.41, 5.74) is 1.83. The fraction of sp³-hybridized carbons (Fsp3) is 0.273. The summed E-state index contributed by atoms with van der Waals surface area (Å²) in [6.45, 7) is 0.432. The molecule has 8 nitrogen and oxygen atoms in total. The van der Waals surface area contributed by atoms with Crippen LogP contribution in [0.2, 0.25) is 5.02 Å². The van der Waals surface area contributed by atoms with Crippen molar-refractivity contribution in [1.29, 1.82) is 0 Å². The maximum Gasteiger partial charge on any atom is 0.332 e. The van der Waals surface area contributed by atoms with Crippen molar-refractivity contribution < 1.29 is 4.79 Å². The van der Waals surface area contributed by atoms with E-state index in [0.717, 1.165) is 15.7 Å². The smallest absolute Gasteiger partial charge is 0.332 e. The van der Waals surface area contributed by atoms with E-state index in [0.29, 0.717) is 29.2 Å². The van der Waals surface area contributed by atoms with Gasteiger partial charge in [0.1, 0.15) is 0 Å². The Morgan fingerprint density at radius 2 is 1.88 bits per heavy atom. The summed E-state index contributed by atoms with van der Waals surface area (Å²) >= 11 is 7.58. The Bertz CT molecular complexity index is 1370. The number of imidazole rings is 1. The van der Waals surface area contributed by atoms with Gasteiger partial charge >= 0.3 is 5.69 Å². The molecular formula is C22H22ClN5O3S. The van der Waals surface area contributed by atoms with E-state index in [2.05, 4.69) is 10.3 Å². The van der Waals surface area contributed by atoms with Crippen LogP contribution >= 0.6 is 22.9 Å². The maximum absolute atomic E-state index is 12.7. The summed E-state index contributed by atoms with van der Waals surface area (Å²) in [5.74, 6) is -0.0964. The molecule has 10 heteroatoms. The first kappa shape index (κ1) is 22.0. The molecule has 0 radical (unpaired) electrons. The van der Waals surface area contributed by atoms with Crippen LogP contribution in [0.1, 0.15) is 30.0 Å². The fourth-order valence-electron chi connectivity index (χ4n) is 3.66. The highest BCUT2D eigenvalue weighted by atomic mass is 35.5. The molecule has 0 saturated carbocycles. The normalized spacial score (nSPS) is 12.2. The average molecular weight is 472 g/mol. The zero-order chi connectivity index (χ0) is 22.8. The van der Waals surface area contributed by atoms with Crippen molar-refractivity contribution in [3.63, 3.8) is 0 Å². The molecule has 166 valence electrons. The molecule has 0 spiro atoms. The number of rotatable bonds is 7. The lowest BCUT2D eigenvalue weighted by Gasteiger charge is -2.19. The van der Waals surface area contributed by atoms with Crippen molar-refractivity contribution >= 4 is 40.0 Å². The van der Waals surface area contributed by atoms with Crippen LogP contribution in [0.15, 0.2) is 57.0 Å². The highest BCUT2D eigenvalue weighted by Gasteiger charge is 2.18. The lowest BCUT2D eigenvalue weighted by molar-refractivity contribution is -0.121. The summed E-state index contributed by atoms with van der Waals surface area (Å²) < 4.78 is 4.10. The van der Waals surface area contributed by atoms with Crippen LogP contribution in [-0.2, 0) is 25.4 Å². The van der Waals surface area contributed by atoms with Gasteiger partial charge in [-0.15, -0.1) is 0 Å². The van der Waals surface area contributed by atoms with Crippen LogP contribution in [0, 0.1) is 0 Å². The molecule has 0 aliphatic carbocycles. The second-order valence-electron chi connectivity index (χ2n) is 7.53. The van der Waals surface area contributed by atoms with Crippen LogP contribution in [0.4, 0.5) is 0 Å². The zero-order valence-corrected chi connectivity index (χ0v) is 19.2. The zero-order valence-electron chi connectivity index (χ0n) is 17.6. The van der Waals surface area contributed by atoms with E-state index in [1.54, 1.807) is 35.1 Å². The van der Waals surface area contributed by atoms with E-state index < -0.39 is 11.2 Å². The predicted octanol–water partition coefficient (Wildman–Crippen LogP) is 2.83. The van der Waals surface area contributed by atoms with E-state index in [-0.39, 0.29) is 18.4 Å². The molecule has 4 rings (SSSR count). The van der Waals surface area contributed by atoms with Gasteiger partial charge in [0, 0.05) is 32.1 Å². The number of aromatic nitrogens is 4. The highest BCUT2D eigenvalue weighted by molar-refractivity contribution is 7.08. The number of nitrogens with zero attached hydrogens (tertiary/aromatic N) is 4. The summed E-state index contributed by atoms with van der Waals surface area (Å²) in [6, 6.07) is 9.15. The molecule has 1 unspecified atom stereocenters. The quantitative estimate of drug-likeness (QED) is 0.448. The third kappa shape index (κ3) is 4.26. The molecule has 3 heterocycles. The lowest BCUT2D eigenvalue weighted by atomic mass is 10.0. The van der Waals surface area contributed by atoms with Gasteiger partial charge in [-0.25, -0.2) is 9.78 Å². The fourth-order valence-corrected chi connectivity index (χ4v) is 4.48. The number of thiophene rings is 1. The number of halogens is 1. The van der Waals surface area contributed by atoms with Crippen LogP contribution in [0.5, 0.6) is 0 Å². The second kappa shape index (κ2) is 9.13. The molecule has 0 aliphatic heterocycles. The molecule has 4 aromatic rings. The minimum Gasteiger partial charge on any atom is -0.345 e. The Morgan fingerprint density at radius 1 is 1.12 bits per heavy atom. The first-order valence-corrected chi connectivity index (χ1v) is 11.4. The number of carbonyl (C=O) groups excluding carboxylic acids is 1. The molecule has 1 amide bonds. The molecular weight excluding hydrogens is 450 g/mol. The van der Waals surface area contributed by atoms with Crippen molar-refractivity contribution in [2.75, 3.05) is 0 Å². The Morgan fingerprint density at radius 3 is 2.56 bits per heavy atom. The standard InChI is InChI=1S/C22H22ClN5O3S/c1-26-20-19(21(30)27(2)22(26)31)28(13-24-20)10-3-4-17(29)25-18(15-9-11-32-12-15)14-5-7-16(23)8-6-14/h5-9,11-13,18H,3-4,10H2,1-2H3,(H,25,29). The van der Waals surface area contributed by atoms with Gasteiger partial charge < -0.3 is 9.88 Å². The Hall–Kier alpha value is -3.17. The van der Waals surface area contributed by atoms with Gasteiger partial charge in [0.05, 0.1) is 12.4 Å². The molecule has 0 saturated heterocycles. The monoisotopic (exact) mass is 471 g/mol. The minimum absolute atomic E-state index is 0.0964. The first-order valence-electron chi connectivity index (χ1n) is 10.0. The Kier molecular flexibility index (Phi) is 6.29. The van der Waals surface area contributed by atoms with Gasteiger partial charge in [-0.05, 0) is 46.5 Å². The van der Waals surface area contributed by atoms with Gasteiger partial charge in [0.25, 0.3) is 5.56 Å². The number of carbonyl (C=O) groups is 1. The Balaban J connectivity index is 1.46. The number of amides is 1. The Labute approximate surface area is 192 Å². The predicted molar refractivity (Wildman–Crippen MR) is 125 cm³/mol. The van der Waals surface area contributed by atoms with Crippen molar-refractivity contribution in [2.45, 2.75) is 25.4 Å². The van der Waals surface area contributed by atoms with E-state index >= 15 is 0 Å². The third-order valence-corrected chi connectivity index (χ3v) is 6.36. The molecule has 1 N–H and O–H groups in total. The lowest BCUT2D eigenvalue weighted by Crippen LogP contribution is -2.37. The van der Waals surface area contributed by atoms with E-state index in [9.17, 15) is 14.4 Å². The van der Waals surface area contributed by atoms with Gasteiger partial charge in [-0.1, -0.05) is 23.7 Å². The largest absolute Gasteiger partial charge is 0.345 e. The maximum atomic E-state index is 12.7. The highest BCUT2D eigenvalue weighted by Crippen LogP contribution is 2.25. The number of nitrogens with one attached hydrogen (secondary N) is 1.